The Hall–Kier alpha value is -1.99. The van der Waals surface area contributed by atoms with Gasteiger partial charge in [-0.05, 0) is 49.4 Å². The first-order chi connectivity index (χ1) is 14.4. The van der Waals surface area contributed by atoms with Crippen LogP contribution in [-0.2, 0) is 0 Å². The third kappa shape index (κ3) is 4.52. The number of anilines is 1. The van der Waals surface area contributed by atoms with E-state index in [1.807, 2.05) is 12.1 Å². The predicted molar refractivity (Wildman–Crippen MR) is 113 cm³/mol. The number of amides is 1. The summed E-state index contributed by atoms with van der Waals surface area (Å²) in [7, 11) is 0. The quantitative estimate of drug-likeness (QED) is 0.733. The zero-order valence-corrected chi connectivity index (χ0v) is 17.5. The number of nitrogens with zero attached hydrogens (tertiary/aromatic N) is 2. The molecule has 0 bridgehead atoms. The van der Waals surface area contributed by atoms with Gasteiger partial charge >= 0.3 is 0 Å². The molecule has 1 aliphatic heterocycles. The summed E-state index contributed by atoms with van der Waals surface area (Å²) < 4.78 is 26.7. The van der Waals surface area contributed by atoms with Crippen molar-refractivity contribution in [1.82, 2.24) is 10.3 Å². The molecule has 1 aliphatic carbocycles. The number of aromatic nitrogens is 1. The number of aliphatic hydroxyl groups excluding tert-OH is 1. The van der Waals surface area contributed by atoms with Gasteiger partial charge in [0.15, 0.2) is 0 Å². The minimum atomic E-state index is -2.57. The van der Waals surface area contributed by atoms with Crippen LogP contribution >= 0.6 is 11.6 Å². The van der Waals surface area contributed by atoms with Crippen molar-refractivity contribution in [3.63, 3.8) is 0 Å². The Kier molecular flexibility index (Phi) is 6.11. The Morgan fingerprint density at radius 1 is 1.20 bits per heavy atom. The first kappa shape index (κ1) is 21.2. The zero-order chi connectivity index (χ0) is 21.3. The van der Waals surface area contributed by atoms with E-state index in [1.165, 1.54) is 0 Å². The molecule has 0 unspecified atom stereocenters. The molecule has 4 rings (SSSR count). The van der Waals surface area contributed by atoms with E-state index in [2.05, 4.69) is 10.2 Å². The molecular formula is C22H26ClF2N3O2. The van der Waals surface area contributed by atoms with Crippen LogP contribution in [0.1, 0.15) is 42.5 Å². The Labute approximate surface area is 179 Å². The lowest BCUT2D eigenvalue weighted by Gasteiger charge is -2.28. The molecule has 2 N–H and O–H groups in total. The highest BCUT2D eigenvalue weighted by Crippen LogP contribution is 2.36. The maximum Gasteiger partial charge on any atom is 0.253 e. The first-order valence-electron chi connectivity index (χ1n) is 10.5. The molecule has 0 spiro atoms. The van der Waals surface area contributed by atoms with Crippen molar-refractivity contribution in [1.29, 1.82) is 0 Å². The Morgan fingerprint density at radius 3 is 2.67 bits per heavy atom. The highest BCUT2D eigenvalue weighted by Gasteiger charge is 2.35. The minimum absolute atomic E-state index is 0.0571. The van der Waals surface area contributed by atoms with Crippen LogP contribution in [0, 0.1) is 11.8 Å². The highest BCUT2D eigenvalue weighted by atomic mass is 35.5. The van der Waals surface area contributed by atoms with E-state index >= 15 is 0 Å². The molecule has 5 nitrogen and oxygen atoms in total. The topological polar surface area (TPSA) is 65.5 Å². The van der Waals surface area contributed by atoms with Crippen LogP contribution in [-0.4, -0.2) is 48.2 Å². The molecule has 162 valence electrons. The van der Waals surface area contributed by atoms with Gasteiger partial charge in [0, 0.05) is 50.4 Å². The number of carbonyl (C=O) groups excluding carboxylic acids is 1. The van der Waals surface area contributed by atoms with Crippen LogP contribution in [0.5, 0.6) is 0 Å². The standard InChI is InChI=1S/C22H26ClF2N3O2/c23-17-2-3-18-16(1-4-19(27-18)28-10-7-15(12-28)13-29)20(17)21(30)26-11-14-5-8-22(24,25)9-6-14/h1-4,14-15,29H,5-13H2,(H,26,30)/t15-/m1/s1. The smallest absolute Gasteiger partial charge is 0.253 e. The van der Waals surface area contributed by atoms with Gasteiger partial charge < -0.3 is 15.3 Å². The third-order valence-corrected chi connectivity index (χ3v) is 6.60. The number of alkyl halides is 2. The van der Waals surface area contributed by atoms with E-state index in [4.69, 9.17) is 16.6 Å². The Balaban J connectivity index is 1.49. The average Bonchev–Trinajstić information content (AvgIpc) is 3.22. The van der Waals surface area contributed by atoms with Crippen LogP contribution in [0.4, 0.5) is 14.6 Å². The fourth-order valence-corrected chi connectivity index (χ4v) is 4.64. The molecule has 1 amide bonds. The van der Waals surface area contributed by atoms with E-state index in [0.29, 0.717) is 40.9 Å². The van der Waals surface area contributed by atoms with Crippen LogP contribution in [0.2, 0.25) is 5.02 Å². The summed E-state index contributed by atoms with van der Waals surface area (Å²) >= 11 is 6.34. The minimum Gasteiger partial charge on any atom is -0.396 e. The molecule has 2 aromatic rings. The third-order valence-electron chi connectivity index (χ3n) is 6.29. The molecule has 2 heterocycles. The van der Waals surface area contributed by atoms with E-state index in [1.54, 1.807) is 12.1 Å². The van der Waals surface area contributed by atoms with Gasteiger partial charge in [-0.1, -0.05) is 11.6 Å². The number of rotatable bonds is 5. The summed E-state index contributed by atoms with van der Waals surface area (Å²) in [6.45, 7) is 2.13. The van der Waals surface area contributed by atoms with E-state index < -0.39 is 5.92 Å². The number of hydrogen-bond acceptors (Lipinski definition) is 4. The molecule has 0 radical (unpaired) electrons. The van der Waals surface area contributed by atoms with Crippen molar-refractivity contribution < 1.29 is 18.7 Å². The fraction of sp³-hybridized carbons (Fsp3) is 0.545. The fourth-order valence-electron chi connectivity index (χ4n) is 4.39. The molecule has 8 heteroatoms. The lowest BCUT2D eigenvalue weighted by molar-refractivity contribution is -0.0452. The average molecular weight is 438 g/mol. The van der Waals surface area contributed by atoms with Crippen molar-refractivity contribution in [2.75, 3.05) is 31.1 Å². The number of aliphatic hydroxyl groups is 1. The first-order valence-corrected chi connectivity index (χ1v) is 10.9. The summed E-state index contributed by atoms with van der Waals surface area (Å²) in [5.74, 6) is -1.75. The van der Waals surface area contributed by atoms with Crippen LogP contribution < -0.4 is 10.2 Å². The Morgan fingerprint density at radius 2 is 1.97 bits per heavy atom. The van der Waals surface area contributed by atoms with Gasteiger partial charge in [-0.25, -0.2) is 13.8 Å². The van der Waals surface area contributed by atoms with Gasteiger partial charge in [-0.15, -0.1) is 0 Å². The number of nitrogens with one attached hydrogen (secondary N) is 1. The predicted octanol–water partition coefficient (Wildman–Crippen LogP) is 4.26. The van der Waals surface area contributed by atoms with Crippen molar-refractivity contribution in [3.05, 3.63) is 34.9 Å². The molecule has 1 atom stereocenters. The second-order valence-electron chi connectivity index (χ2n) is 8.45. The zero-order valence-electron chi connectivity index (χ0n) is 16.7. The molecule has 2 aliphatic rings. The SMILES string of the molecule is O=C(NCC1CCC(F)(F)CC1)c1c(Cl)ccc2nc(N3CC[C@@H](CO)C3)ccc12. The second kappa shape index (κ2) is 8.63. The maximum absolute atomic E-state index is 13.3. The molecule has 1 aromatic heterocycles. The lowest BCUT2D eigenvalue weighted by atomic mass is 9.87. The van der Waals surface area contributed by atoms with Crippen molar-refractivity contribution >= 4 is 34.2 Å². The van der Waals surface area contributed by atoms with Gasteiger partial charge in [-0.3, -0.25) is 4.79 Å². The molecular weight excluding hydrogens is 412 g/mol. The summed E-state index contributed by atoms with van der Waals surface area (Å²) in [5, 5.41) is 13.2. The molecule has 1 saturated carbocycles. The van der Waals surface area contributed by atoms with E-state index in [-0.39, 0.29) is 37.2 Å². The van der Waals surface area contributed by atoms with Gasteiger partial charge in [0.05, 0.1) is 16.1 Å². The number of hydrogen-bond donors (Lipinski definition) is 2. The van der Waals surface area contributed by atoms with Crippen LogP contribution in [0.15, 0.2) is 24.3 Å². The number of fused-ring (bicyclic) bond motifs is 1. The molecule has 1 saturated heterocycles. The van der Waals surface area contributed by atoms with E-state index in [9.17, 15) is 18.7 Å². The summed E-state index contributed by atoms with van der Waals surface area (Å²) in [4.78, 5) is 19.7. The van der Waals surface area contributed by atoms with Crippen LogP contribution in [0.3, 0.4) is 0 Å². The highest BCUT2D eigenvalue weighted by molar-refractivity contribution is 6.35. The normalized spacial score (nSPS) is 21.9. The van der Waals surface area contributed by atoms with E-state index in [0.717, 1.165) is 25.3 Å². The number of halogens is 3. The maximum atomic E-state index is 13.3. The summed E-state index contributed by atoms with van der Waals surface area (Å²) in [5.41, 5.74) is 1.04. The monoisotopic (exact) mass is 437 g/mol. The number of pyridine rings is 1. The largest absolute Gasteiger partial charge is 0.396 e. The van der Waals surface area contributed by atoms with Gasteiger partial charge in [0.1, 0.15) is 5.82 Å². The van der Waals surface area contributed by atoms with Crippen molar-refractivity contribution in [2.24, 2.45) is 11.8 Å². The molecule has 2 fully saturated rings. The van der Waals surface area contributed by atoms with Crippen LogP contribution in [0.25, 0.3) is 10.9 Å². The van der Waals surface area contributed by atoms with Gasteiger partial charge in [0.2, 0.25) is 5.92 Å². The lowest BCUT2D eigenvalue weighted by Crippen LogP contribution is -2.34. The summed E-state index contributed by atoms with van der Waals surface area (Å²) in [6, 6.07) is 7.18. The number of carbonyl (C=O) groups is 1. The van der Waals surface area contributed by atoms with Crippen molar-refractivity contribution in [3.8, 4) is 0 Å². The van der Waals surface area contributed by atoms with Gasteiger partial charge in [-0.2, -0.15) is 0 Å². The molecule has 30 heavy (non-hydrogen) atoms. The number of benzene rings is 1. The summed E-state index contributed by atoms with van der Waals surface area (Å²) in [6.07, 6.45) is 1.50. The van der Waals surface area contributed by atoms with Gasteiger partial charge in [0.25, 0.3) is 5.91 Å². The molecule has 1 aromatic carbocycles. The second-order valence-corrected chi connectivity index (χ2v) is 8.86. The van der Waals surface area contributed by atoms with Crippen molar-refractivity contribution in [2.45, 2.75) is 38.0 Å². The Bertz CT molecular complexity index is 930.